The molecule has 2 aliphatic rings. The Labute approximate surface area is 93.0 Å². The van der Waals surface area contributed by atoms with Crippen molar-refractivity contribution < 1.29 is 4.79 Å². The van der Waals surface area contributed by atoms with E-state index in [0.717, 1.165) is 31.7 Å². The summed E-state index contributed by atoms with van der Waals surface area (Å²) >= 11 is 0. The first-order chi connectivity index (χ1) is 7.29. The largest absolute Gasteiger partial charge is 0.303 e. The Morgan fingerprint density at radius 2 is 2.07 bits per heavy atom. The Balaban J connectivity index is 1.85. The van der Waals surface area contributed by atoms with Crippen molar-refractivity contribution in [3.8, 4) is 0 Å². The highest BCUT2D eigenvalue weighted by molar-refractivity contribution is 5.81. The highest BCUT2D eigenvalue weighted by atomic mass is 16.1. The maximum atomic E-state index is 11.8. The van der Waals surface area contributed by atoms with Crippen molar-refractivity contribution in [1.82, 2.24) is 4.90 Å². The molecule has 2 fully saturated rings. The smallest absolute Gasteiger partial charge is 0.137 e. The summed E-state index contributed by atoms with van der Waals surface area (Å²) < 4.78 is 0. The van der Waals surface area contributed by atoms with Crippen molar-refractivity contribution in [1.29, 1.82) is 0 Å². The molecule has 0 radical (unpaired) electrons. The number of ketones is 1. The number of nitrogens with zero attached hydrogens (tertiary/aromatic N) is 1. The van der Waals surface area contributed by atoms with E-state index < -0.39 is 0 Å². The van der Waals surface area contributed by atoms with Crippen molar-refractivity contribution >= 4 is 5.78 Å². The van der Waals surface area contributed by atoms with Gasteiger partial charge in [0, 0.05) is 18.9 Å². The second-order valence-corrected chi connectivity index (χ2v) is 5.22. The fourth-order valence-corrected chi connectivity index (χ4v) is 3.03. The average Bonchev–Trinajstić information content (AvgIpc) is 2.74. The average molecular weight is 209 g/mol. The van der Waals surface area contributed by atoms with Crippen LogP contribution in [0.1, 0.15) is 45.4 Å². The van der Waals surface area contributed by atoms with Crippen molar-refractivity contribution in [2.24, 2.45) is 11.8 Å². The molecular formula is C13H23NO. The number of rotatable bonds is 3. The first-order valence-electron chi connectivity index (χ1n) is 6.54. The van der Waals surface area contributed by atoms with E-state index in [1.807, 2.05) is 0 Å². The Kier molecular flexibility index (Phi) is 3.79. The molecule has 1 saturated carbocycles. The molecule has 2 rings (SSSR count). The van der Waals surface area contributed by atoms with Crippen LogP contribution in [0.5, 0.6) is 0 Å². The molecule has 1 heterocycles. The van der Waals surface area contributed by atoms with Gasteiger partial charge in [-0.1, -0.05) is 13.3 Å². The molecule has 1 saturated heterocycles. The van der Waals surface area contributed by atoms with E-state index in [2.05, 4.69) is 11.8 Å². The van der Waals surface area contributed by atoms with Crippen LogP contribution < -0.4 is 0 Å². The van der Waals surface area contributed by atoms with Gasteiger partial charge in [0.05, 0.1) is 0 Å². The van der Waals surface area contributed by atoms with Gasteiger partial charge in [0.25, 0.3) is 0 Å². The molecular weight excluding hydrogens is 186 g/mol. The van der Waals surface area contributed by atoms with Gasteiger partial charge in [0.1, 0.15) is 5.78 Å². The summed E-state index contributed by atoms with van der Waals surface area (Å²) in [7, 11) is 0. The number of likely N-dealkylation sites (tertiary alicyclic amines) is 1. The van der Waals surface area contributed by atoms with Crippen LogP contribution in [-0.4, -0.2) is 30.3 Å². The van der Waals surface area contributed by atoms with E-state index in [9.17, 15) is 4.79 Å². The van der Waals surface area contributed by atoms with E-state index in [4.69, 9.17) is 0 Å². The second-order valence-electron chi connectivity index (χ2n) is 5.22. The Morgan fingerprint density at radius 1 is 1.33 bits per heavy atom. The van der Waals surface area contributed by atoms with E-state index >= 15 is 0 Å². The van der Waals surface area contributed by atoms with Crippen LogP contribution in [0.15, 0.2) is 0 Å². The zero-order valence-electron chi connectivity index (χ0n) is 9.87. The molecule has 0 aromatic rings. The fraction of sp³-hybridized carbons (Fsp3) is 0.923. The van der Waals surface area contributed by atoms with Gasteiger partial charge < -0.3 is 4.90 Å². The zero-order valence-corrected chi connectivity index (χ0v) is 9.87. The summed E-state index contributed by atoms with van der Waals surface area (Å²) in [6.07, 6.45) is 7.06. The van der Waals surface area contributed by atoms with Crippen molar-refractivity contribution in [2.45, 2.75) is 45.4 Å². The molecule has 0 N–H and O–H groups in total. The minimum absolute atomic E-state index is 0.363. The van der Waals surface area contributed by atoms with Gasteiger partial charge in [-0.15, -0.1) is 0 Å². The maximum Gasteiger partial charge on any atom is 0.137 e. The molecule has 0 bridgehead atoms. The zero-order chi connectivity index (χ0) is 10.7. The minimum atomic E-state index is 0.363. The van der Waals surface area contributed by atoms with Crippen molar-refractivity contribution in [3.05, 3.63) is 0 Å². The molecule has 2 nitrogen and oxygen atoms in total. The summed E-state index contributed by atoms with van der Waals surface area (Å²) in [5.74, 6) is 1.71. The van der Waals surface area contributed by atoms with Crippen LogP contribution in [0, 0.1) is 11.8 Å². The van der Waals surface area contributed by atoms with Gasteiger partial charge in [-0.2, -0.15) is 0 Å². The van der Waals surface area contributed by atoms with Gasteiger partial charge in [-0.3, -0.25) is 4.79 Å². The number of hydrogen-bond acceptors (Lipinski definition) is 2. The third kappa shape index (κ3) is 2.81. The van der Waals surface area contributed by atoms with E-state index in [-0.39, 0.29) is 0 Å². The molecule has 86 valence electrons. The van der Waals surface area contributed by atoms with E-state index in [0.29, 0.717) is 11.7 Å². The van der Waals surface area contributed by atoms with Crippen LogP contribution >= 0.6 is 0 Å². The molecule has 2 atom stereocenters. The van der Waals surface area contributed by atoms with E-state index in [1.165, 1.54) is 32.4 Å². The number of Topliss-reactive ketones (excluding diaryl/α,β-unsaturated/α-hetero) is 1. The molecule has 15 heavy (non-hydrogen) atoms. The normalized spacial score (nSPS) is 33.5. The molecule has 2 unspecified atom stereocenters. The third-order valence-corrected chi connectivity index (χ3v) is 4.13. The van der Waals surface area contributed by atoms with Gasteiger partial charge in [-0.25, -0.2) is 0 Å². The van der Waals surface area contributed by atoms with Crippen molar-refractivity contribution in [3.63, 3.8) is 0 Å². The molecule has 0 amide bonds. The second kappa shape index (κ2) is 5.11. The summed E-state index contributed by atoms with van der Waals surface area (Å²) in [4.78, 5) is 14.3. The lowest BCUT2D eigenvalue weighted by Crippen LogP contribution is -2.35. The Bertz CT molecular complexity index is 221. The molecule has 0 spiro atoms. The van der Waals surface area contributed by atoms with Crippen LogP contribution in [0.4, 0.5) is 0 Å². The quantitative estimate of drug-likeness (QED) is 0.711. The predicted molar refractivity (Wildman–Crippen MR) is 61.8 cm³/mol. The number of hydrogen-bond donors (Lipinski definition) is 0. The first-order valence-corrected chi connectivity index (χ1v) is 6.54. The molecule has 1 aliphatic heterocycles. The Morgan fingerprint density at radius 3 is 2.73 bits per heavy atom. The van der Waals surface area contributed by atoms with E-state index in [1.54, 1.807) is 0 Å². The van der Waals surface area contributed by atoms with Crippen molar-refractivity contribution in [2.75, 3.05) is 19.6 Å². The van der Waals surface area contributed by atoms with Crippen LogP contribution in [0.25, 0.3) is 0 Å². The summed E-state index contributed by atoms with van der Waals surface area (Å²) in [6, 6.07) is 0. The molecule has 0 aromatic carbocycles. The first kappa shape index (κ1) is 11.1. The monoisotopic (exact) mass is 209 g/mol. The van der Waals surface area contributed by atoms with Gasteiger partial charge in [-0.05, 0) is 44.7 Å². The molecule has 2 heteroatoms. The lowest BCUT2D eigenvalue weighted by Gasteiger charge is -2.30. The Hall–Kier alpha value is -0.370. The standard InChI is InChI=1S/C13H23NO/c1-2-11-5-6-13(15)12(9-11)10-14-7-3-4-8-14/h11-12H,2-10H2,1H3. The van der Waals surface area contributed by atoms with Crippen LogP contribution in [0.3, 0.4) is 0 Å². The minimum Gasteiger partial charge on any atom is -0.303 e. The van der Waals surface area contributed by atoms with Gasteiger partial charge in [0.15, 0.2) is 0 Å². The predicted octanol–water partition coefficient (Wildman–Crippen LogP) is 2.48. The SMILES string of the molecule is CCC1CCC(=O)C(CN2CCCC2)C1. The third-order valence-electron chi connectivity index (χ3n) is 4.13. The summed E-state index contributed by atoms with van der Waals surface area (Å²) in [6.45, 7) is 5.75. The highest BCUT2D eigenvalue weighted by Gasteiger charge is 2.29. The summed E-state index contributed by atoms with van der Waals surface area (Å²) in [5.41, 5.74) is 0. The molecule has 1 aliphatic carbocycles. The summed E-state index contributed by atoms with van der Waals surface area (Å²) in [5, 5.41) is 0. The van der Waals surface area contributed by atoms with Gasteiger partial charge >= 0.3 is 0 Å². The van der Waals surface area contributed by atoms with Gasteiger partial charge in [0.2, 0.25) is 0 Å². The van der Waals surface area contributed by atoms with Crippen LogP contribution in [-0.2, 0) is 4.79 Å². The number of carbonyl (C=O) groups excluding carboxylic acids is 1. The highest BCUT2D eigenvalue weighted by Crippen LogP contribution is 2.29. The lowest BCUT2D eigenvalue weighted by molar-refractivity contribution is -0.126. The topological polar surface area (TPSA) is 20.3 Å². The fourth-order valence-electron chi connectivity index (χ4n) is 3.03. The molecule has 0 aromatic heterocycles. The van der Waals surface area contributed by atoms with Crippen LogP contribution in [0.2, 0.25) is 0 Å². The maximum absolute atomic E-state index is 11.8. The lowest BCUT2D eigenvalue weighted by atomic mass is 9.79. The number of carbonyl (C=O) groups is 1.